The number of hydrogen-bond acceptors (Lipinski definition) is 4. The first kappa shape index (κ1) is 36.1. The Morgan fingerprint density at radius 1 is 0.792 bits per heavy atom. The van der Waals surface area contributed by atoms with Gasteiger partial charge >= 0.3 is 126 Å². The van der Waals surface area contributed by atoms with Crippen molar-refractivity contribution in [3.63, 3.8) is 0 Å². The minimum Gasteiger partial charge on any atom is -0.499 e. The molecule has 4 aromatic heterocycles. The van der Waals surface area contributed by atoms with Crippen LogP contribution in [0, 0.1) is 23.5 Å². The third kappa shape index (κ3) is 9.81. The molecule has 0 spiro atoms. The van der Waals surface area contributed by atoms with E-state index < -0.39 is 30.9 Å². The molecule has 0 aliphatic carbocycles. The summed E-state index contributed by atoms with van der Waals surface area (Å²) >= 11 is -1.86. The Kier molecular flexibility index (Phi) is 11.6. The molecule has 0 N–H and O–H groups in total. The second-order valence-corrected chi connectivity index (χ2v) is 26.5. The van der Waals surface area contributed by atoms with Gasteiger partial charge in [-0.2, -0.15) is 0 Å². The Morgan fingerprint density at radius 3 is 2.19 bits per heavy atom. The maximum atomic E-state index is 9.15. The molecular formula is C47H51GeIrN3O-2. The number of nitrogens with zero attached hydrogens (tertiary/aromatic N) is 3. The molecule has 4 heterocycles. The normalized spacial score (nSPS) is 14.0. The third-order valence-corrected chi connectivity index (χ3v) is 13.2. The maximum absolute atomic E-state index is 9.15. The Morgan fingerprint density at radius 2 is 1.51 bits per heavy atom. The third-order valence-electron chi connectivity index (χ3n) is 8.86. The SMILES string of the molecule is CC(C)Cc1cc(-c2[c-]cccc2)nc[c]1[Ge]([CH3])([CH3])[CH3].[2H]C(C)(c1ccccc1)c1nccc2c1oc1c(-c3cc(C([2H])([2H])C(C)(C)C)ccn3)[c-]ccc12.[Ir]. The second kappa shape index (κ2) is 17.1. The fraction of sp³-hybridized carbons (Fsp3) is 0.298. The van der Waals surface area contributed by atoms with E-state index in [0.717, 1.165) is 34.0 Å². The van der Waals surface area contributed by atoms with Gasteiger partial charge in [-0.15, -0.1) is 18.2 Å². The van der Waals surface area contributed by atoms with E-state index in [-0.39, 0.29) is 20.1 Å². The second-order valence-electron chi connectivity index (χ2n) is 15.9. The Labute approximate surface area is 336 Å². The van der Waals surface area contributed by atoms with Gasteiger partial charge in [0.2, 0.25) is 0 Å². The number of furan rings is 1. The zero-order valence-electron chi connectivity index (χ0n) is 35.3. The Balaban J connectivity index is 0.000000244. The van der Waals surface area contributed by atoms with Crippen molar-refractivity contribution in [2.45, 2.75) is 77.5 Å². The first-order chi connectivity index (χ1) is 25.9. The summed E-state index contributed by atoms with van der Waals surface area (Å²) in [5, 5.41) is 1.75. The quantitative estimate of drug-likeness (QED) is 0.113. The van der Waals surface area contributed by atoms with E-state index in [1.807, 2.05) is 94.4 Å². The molecule has 6 heteroatoms. The number of rotatable bonds is 8. The molecule has 0 amide bonds. The molecule has 0 aliphatic rings. The van der Waals surface area contributed by atoms with Crippen molar-refractivity contribution < 1.29 is 28.6 Å². The van der Waals surface area contributed by atoms with Gasteiger partial charge in [0, 0.05) is 47.9 Å². The molecule has 7 aromatic rings. The van der Waals surface area contributed by atoms with Crippen LogP contribution in [0.2, 0.25) is 17.3 Å². The van der Waals surface area contributed by atoms with E-state index in [0.29, 0.717) is 39.6 Å². The Bertz CT molecular complexity index is 2420. The minimum atomic E-state index is -1.86. The predicted octanol–water partition coefficient (Wildman–Crippen LogP) is 11.9. The van der Waals surface area contributed by atoms with Gasteiger partial charge in [0.05, 0.1) is 11.3 Å². The first-order valence-corrected chi connectivity index (χ1v) is 25.4. The van der Waals surface area contributed by atoms with Crippen LogP contribution in [0.5, 0.6) is 0 Å². The van der Waals surface area contributed by atoms with Crippen LogP contribution >= 0.6 is 0 Å². The van der Waals surface area contributed by atoms with Crippen LogP contribution in [0.3, 0.4) is 0 Å². The van der Waals surface area contributed by atoms with Crippen molar-refractivity contribution in [1.82, 2.24) is 15.0 Å². The zero-order chi connectivity index (χ0) is 39.8. The number of benzene rings is 3. The van der Waals surface area contributed by atoms with Gasteiger partial charge in [-0.3, -0.25) is 4.98 Å². The summed E-state index contributed by atoms with van der Waals surface area (Å²) in [5.41, 5.74) is 7.37. The number of fused-ring (bicyclic) bond motifs is 3. The van der Waals surface area contributed by atoms with Gasteiger partial charge in [-0.1, -0.05) is 80.6 Å². The summed E-state index contributed by atoms with van der Waals surface area (Å²) in [6.07, 6.45) is 5.07. The molecular weight excluding hydrogens is 887 g/mol. The minimum absolute atomic E-state index is 0. The summed E-state index contributed by atoms with van der Waals surface area (Å²) in [6.45, 7) is 12.1. The molecule has 1 radical (unpaired) electrons. The summed E-state index contributed by atoms with van der Waals surface area (Å²) in [7, 11) is 0. The van der Waals surface area contributed by atoms with Gasteiger partial charge in [0.25, 0.3) is 0 Å². The molecule has 3 aromatic carbocycles. The fourth-order valence-corrected chi connectivity index (χ4v) is 9.84. The molecule has 53 heavy (non-hydrogen) atoms. The van der Waals surface area contributed by atoms with E-state index >= 15 is 0 Å². The molecule has 0 fully saturated rings. The van der Waals surface area contributed by atoms with E-state index in [4.69, 9.17) is 13.5 Å². The van der Waals surface area contributed by atoms with Crippen molar-refractivity contribution in [3.05, 3.63) is 144 Å². The van der Waals surface area contributed by atoms with Crippen molar-refractivity contribution in [3.8, 4) is 22.5 Å². The maximum Gasteiger partial charge on any atom is 0.143 e. The van der Waals surface area contributed by atoms with Crippen molar-refractivity contribution >= 4 is 39.6 Å². The van der Waals surface area contributed by atoms with Gasteiger partial charge in [0.15, 0.2) is 0 Å². The first-order valence-electron chi connectivity index (χ1n) is 19.6. The van der Waals surface area contributed by atoms with Gasteiger partial charge in [-0.05, 0) is 35.2 Å². The van der Waals surface area contributed by atoms with Crippen LogP contribution < -0.4 is 4.40 Å². The van der Waals surface area contributed by atoms with Crippen molar-refractivity contribution in [2.24, 2.45) is 11.3 Å². The van der Waals surface area contributed by atoms with E-state index in [2.05, 4.69) is 71.5 Å². The molecule has 275 valence electrons. The monoisotopic (exact) mass is 943 g/mol. The van der Waals surface area contributed by atoms with Crippen LogP contribution in [0.25, 0.3) is 44.5 Å². The summed E-state index contributed by atoms with van der Waals surface area (Å²) in [5.74, 6) is 6.88. The molecule has 1 unspecified atom stereocenters. The van der Waals surface area contributed by atoms with Crippen LogP contribution in [-0.2, 0) is 32.9 Å². The smallest absolute Gasteiger partial charge is 0.143 e. The molecule has 0 saturated carbocycles. The largest absolute Gasteiger partial charge is 0.499 e. The van der Waals surface area contributed by atoms with E-state index in [9.17, 15) is 0 Å². The standard InChI is InChI=1S/C29H27N2O.C18H24GeN.Ir/c1-19(21-9-6-5-7-10-21)26-28-23(14-16-31-26)22-11-8-12-24(27(22)32-28)25-17-20(13-15-30-25)18-29(2,3)4;1-14(2)11-16-12-18(15-9-7-6-8-10-15)20-13-17(16)19(3,4)5;/h5-11,13-17,19H,18H2,1-4H3;6-9,12-14H,11H2,1-5H3;/q2*-1;/i18D2,19D;;. The van der Waals surface area contributed by atoms with Crippen LogP contribution in [-0.4, -0.2) is 28.2 Å². The van der Waals surface area contributed by atoms with Gasteiger partial charge in [0.1, 0.15) is 5.58 Å². The number of pyridine rings is 3. The summed E-state index contributed by atoms with van der Waals surface area (Å²) in [4.78, 5) is 13.8. The van der Waals surface area contributed by atoms with Gasteiger partial charge < -0.3 is 9.40 Å². The van der Waals surface area contributed by atoms with Gasteiger partial charge in [-0.25, -0.2) is 0 Å². The topological polar surface area (TPSA) is 51.8 Å². The summed E-state index contributed by atoms with van der Waals surface area (Å²) in [6, 6.07) is 35.7. The number of aromatic nitrogens is 3. The summed E-state index contributed by atoms with van der Waals surface area (Å²) < 4.78 is 34.5. The van der Waals surface area contributed by atoms with E-state index in [1.165, 1.54) is 5.56 Å². The fourth-order valence-electron chi connectivity index (χ4n) is 6.51. The molecule has 4 nitrogen and oxygen atoms in total. The molecule has 0 saturated heterocycles. The predicted molar refractivity (Wildman–Crippen MR) is 221 cm³/mol. The van der Waals surface area contributed by atoms with E-state index in [1.54, 1.807) is 28.9 Å². The van der Waals surface area contributed by atoms with Crippen molar-refractivity contribution in [1.29, 1.82) is 0 Å². The molecule has 7 rings (SSSR count). The average Bonchev–Trinajstić information content (AvgIpc) is 3.54. The molecule has 0 aliphatic heterocycles. The molecule has 0 bridgehead atoms. The van der Waals surface area contributed by atoms with Crippen LogP contribution in [0.4, 0.5) is 0 Å². The average molecular weight is 942 g/mol. The van der Waals surface area contributed by atoms with Crippen LogP contribution in [0.1, 0.15) is 73.9 Å². The Hall–Kier alpha value is -3.90. The van der Waals surface area contributed by atoms with Crippen molar-refractivity contribution in [2.75, 3.05) is 0 Å². The van der Waals surface area contributed by atoms with Crippen LogP contribution in [0.15, 0.2) is 114 Å². The zero-order valence-corrected chi connectivity index (χ0v) is 36.8. The molecule has 1 atom stereocenters. The number of hydrogen-bond donors (Lipinski definition) is 0.